The van der Waals surface area contributed by atoms with Crippen molar-refractivity contribution >= 4 is 37.7 Å². The van der Waals surface area contributed by atoms with Gasteiger partial charge in [0.2, 0.25) is 0 Å². The average molecular weight is 401 g/mol. The second-order valence-electron chi connectivity index (χ2n) is 4.93. The Morgan fingerprint density at radius 2 is 1.95 bits per heavy atom. The molecule has 6 heteroatoms. The van der Waals surface area contributed by atoms with E-state index in [2.05, 4.69) is 42.2 Å². The lowest BCUT2D eigenvalue weighted by atomic mass is 10.0. The molecule has 0 spiro atoms. The highest BCUT2D eigenvalue weighted by molar-refractivity contribution is 9.10. The van der Waals surface area contributed by atoms with Gasteiger partial charge in [0.25, 0.3) is 0 Å². The second-order valence-corrected chi connectivity index (χ2v) is 6.50. The number of anilines is 1. The minimum atomic E-state index is 0.511. The molecule has 2 aromatic rings. The molecule has 4 nitrogen and oxygen atoms in total. The molecule has 1 aliphatic carbocycles. The van der Waals surface area contributed by atoms with Gasteiger partial charge in [-0.25, -0.2) is 9.97 Å². The lowest BCUT2D eigenvalue weighted by molar-refractivity contribution is 0.550. The van der Waals surface area contributed by atoms with Crippen LogP contribution in [0.3, 0.4) is 0 Å². The van der Waals surface area contributed by atoms with Crippen molar-refractivity contribution in [3.8, 4) is 11.6 Å². The van der Waals surface area contributed by atoms with Crippen molar-refractivity contribution in [2.75, 3.05) is 12.4 Å². The fourth-order valence-electron chi connectivity index (χ4n) is 2.64. The quantitative estimate of drug-likeness (QED) is 0.790. The summed E-state index contributed by atoms with van der Waals surface area (Å²) in [5, 5.41) is 3.12. The van der Waals surface area contributed by atoms with Gasteiger partial charge in [0.05, 0.1) is 10.2 Å². The van der Waals surface area contributed by atoms with Crippen LogP contribution in [-0.2, 0) is 0 Å². The predicted molar refractivity (Wildman–Crippen MR) is 85.9 cm³/mol. The fraction of sp³-hybridized carbons (Fsp3) is 0.429. The van der Waals surface area contributed by atoms with E-state index in [9.17, 15) is 0 Å². The van der Waals surface area contributed by atoms with Gasteiger partial charge in [-0.2, -0.15) is 0 Å². The van der Waals surface area contributed by atoms with Gasteiger partial charge in [0.1, 0.15) is 5.82 Å². The number of rotatable bonds is 3. The second kappa shape index (κ2) is 5.85. The Kier molecular flexibility index (Phi) is 4.12. The molecule has 1 fully saturated rings. The first-order valence-corrected chi connectivity index (χ1v) is 8.28. The maximum absolute atomic E-state index is 5.58. The van der Waals surface area contributed by atoms with Crippen molar-refractivity contribution in [2.45, 2.75) is 31.6 Å². The monoisotopic (exact) mass is 399 g/mol. The molecule has 0 aromatic carbocycles. The lowest BCUT2D eigenvalue weighted by Gasteiger charge is -2.14. The normalized spacial score (nSPS) is 15.8. The third-order valence-corrected chi connectivity index (χ3v) is 4.86. The zero-order valence-corrected chi connectivity index (χ0v) is 14.3. The molecule has 20 heavy (non-hydrogen) atoms. The Morgan fingerprint density at radius 3 is 2.55 bits per heavy atom. The van der Waals surface area contributed by atoms with Gasteiger partial charge >= 0.3 is 0 Å². The van der Waals surface area contributed by atoms with Crippen molar-refractivity contribution in [3.05, 3.63) is 27.0 Å². The van der Waals surface area contributed by atoms with E-state index in [1.54, 1.807) is 0 Å². The summed E-state index contributed by atoms with van der Waals surface area (Å²) in [6.07, 6.45) is 4.94. The summed E-state index contributed by atoms with van der Waals surface area (Å²) in [7, 11) is 1.87. The molecule has 2 heterocycles. The van der Waals surface area contributed by atoms with Crippen LogP contribution in [0.4, 0.5) is 5.82 Å². The van der Waals surface area contributed by atoms with E-state index in [0.717, 1.165) is 16.0 Å². The maximum Gasteiger partial charge on any atom is 0.197 e. The standard InChI is InChI=1S/C14H15Br2N3O/c1-17-14-11(16)12(8-4-2-3-5-8)18-13(19-14)9-6-7-10(15)20-9/h6-8H,2-5H2,1H3,(H,17,18,19). The Morgan fingerprint density at radius 1 is 1.20 bits per heavy atom. The minimum Gasteiger partial charge on any atom is -0.446 e. The summed E-state index contributed by atoms with van der Waals surface area (Å²) in [4.78, 5) is 9.26. The lowest BCUT2D eigenvalue weighted by Crippen LogP contribution is -2.05. The van der Waals surface area contributed by atoms with Crippen LogP contribution < -0.4 is 5.32 Å². The van der Waals surface area contributed by atoms with E-state index < -0.39 is 0 Å². The first kappa shape index (κ1) is 14.1. The van der Waals surface area contributed by atoms with Gasteiger partial charge in [-0.1, -0.05) is 12.8 Å². The maximum atomic E-state index is 5.58. The molecule has 0 saturated heterocycles. The number of hydrogen-bond acceptors (Lipinski definition) is 4. The van der Waals surface area contributed by atoms with Crippen LogP contribution >= 0.6 is 31.9 Å². The highest BCUT2D eigenvalue weighted by Crippen LogP contribution is 2.39. The molecular formula is C14H15Br2N3O. The summed E-state index contributed by atoms with van der Waals surface area (Å²) in [5.74, 6) is 2.63. The Bertz CT molecular complexity index is 621. The fourth-order valence-corrected chi connectivity index (χ4v) is 3.65. The summed E-state index contributed by atoms with van der Waals surface area (Å²) >= 11 is 6.95. The molecule has 1 N–H and O–H groups in total. The van der Waals surface area contributed by atoms with Gasteiger partial charge in [0.15, 0.2) is 16.3 Å². The Balaban J connectivity index is 2.09. The van der Waals surface area contributed by atoms with Crippen molar-refractivity contribution in [1.29, 1.82) is 0 Å². The highest BCUT2D eigenvalue weighted by Gasteiger charge is 2.24. The third kappa shape index (κ3) is 2.63. The molecule has 0 radical (unpaired) electrons. The van der Waals surface area contributed by atoms with Crippen LogP contribution in [0.15, 0.2) is 25.7 Å². The summed E-state index contributed by atoms with van der Waals surface area (Å²) in [6, 6.07) is 3.74. The zero-order chi connectivity index (χ0) is 14.1. The van der Waals surface area contributed by atoms with E-state index in [-0.39, 0.29) is 0 Å². The van der Waals surface area contributed by atoms with Crippen molar-refractivity contribution in [1.82, 2.24) is 9.97 Å². The molecule has 2 aromatic heterocycles. The first-order chi connectivity index (χ1) is 9.69. The Labute approximate surface area is 134 Å². The summed E-state index contributed by atoms with van der Waals surface area (Å²) in [6.45, 7) is 0. The SMILES string of the molecule is CNc1nc(-c2ccc(Br)o2)nc(C2CCCC2)c1Br. The van der Waals surface area contributed by atoms with E-state index in [0.29, 0.717) is 22.2 Å². The predicted octanol–water partition coefficient (Wildman–Crippen LogP) is 4.96. The van der Waals surface area contributed by atoms with Crippen molar-refractivity contribution in [2.24, 2.45) is 0 Å². The topological polar surface area (TPSA) is 51.0 Å². The number of nitrogens with zero attached hydrogens (tertiary/aromatic N) is 2. The van der Waals surface area contributed by atoms with Crippen LogP contribution in [0.2, 0.25) is 0 Å². The van der Waals surface area contributed by atoms with Crippen molar-refractivity contribution < 1.29 is 4.42 Å². The largest absolute Gasteiger partial charge is 0.446 e. The number of nitrogens with one attached hydrogen (secondary N) is 1. The van der Waals surface area contributed by atoms with E-state index in [1.165, 1.54) is 25.7 Å². The van der Waals surface area contributed by atoms with Crippen LogP contribution in [0, 0.1) is 0 Å². The molecule has 0 aliphatic heterocycles. The van der Waals surface area contributed by atoms with E-state index >= 15 is 0 Å². The highest BCUT2D eigenvalue weighted by atomic mass is 79.9. The molecule has 0 atom stereocenters. The van der Waals surface area contributed by atoms with Crippen LogP contribution in [-0.4, -0.2) is 17.0 Å². The van der Waals surface area contributed by atoms with Crippen LogP contribution in [0.25, 0.3) is 11.6 Å². The minimum absolute atomic E-state index is 0.511. The molecule has 3 rings (SSSR count). The van der Waals surface area contributed by atoms with Crippen molar-refractivity contribution in [3.63, 3.8) is 0 Å². The molecule has 1 saturated carbocycles. The summed E-state index contributed by atoms with van der Waals surface area (Å²) in [5.41, 5.74) is 1.09. The van der Waals surface area contributed by atoms with E-state index in [1.807, 2.05) is 19.2 Å². The third-order valence-electron chi connectivity index (χ3n) is 3.65. The number of furan rings is 1. The smallest absolute Gasteiger partial charge is 0.197 e. The van der Waals surface area contributed by atoms with Gasteiger partial charge < -0.3 is 9.73 Å². The van der Waals surface area contributed by atoms with Gasteiger partial charge in [-0.3, -0.25) is 0 Å². The van der Waals surface area contributed by atoms with Gasteiger partial charge in [0, 0.05) is 13.0 Å². The van der Waals surface area contributed by atoms with E-state index in [4.69, 9.17) is 9.40 Å². The number of hydrogen-bond donors (Lipinski definition) is 1. The molecule has 106 valence electrons. The zero-order valence-electron chi connectivity index (χ0n) is 11.1. The van der Waals surface area contributed by atoms with Crippen LogP contribution in [0.1, 0.15) is 37.3 Å². The summed E-state index contributed by atoms with van der Waals surface area (Å²) < 4.78 is 7.24. The molecule has 1 aliphatic rings. The average Bonchev–Trinajstić information content (AvgIpc) is 3.10. The number of aromatic nitrogens is 2. The number of halogens is 2. The molecule has 0 bridgehead atoms. The van der Waals surface area contributed by atoms with Crippen LogP contribution in [0.5, 0.6) is 0 Å². The Hall–Kier alpha value is -0.880. The molecular weight excluding hydrogens is 386 g/mol. The van der Waals surface area contributed by atoms with Gasteiger partial charge in [-0.15, -0.1) is 0 Å². The molecule has 0 unspecified atom stereocenters. The van der Waals surface area contributed by atoms with Gasteiger partial charge in [-0.05, 0) is 56.8 Å². The molecule has 0 amide bonds. The first-order valence-electron chi connectivity index (χ1n) is 6.70.